The standard InChI is InChI=1S/CH10O2Si3/c1-6(2-4)3-5/h6H,1,4-5H3. The van der Waals surface area contributed by atoms with E-state index in [2.05, 4.69) is 0 Å². The van der Waals surface area contributed by atoms with Crippen molar-refractivity contribution in [2.45, 2.75) is 6.55 Å². The Bertz CT molecular complexity index is 28.0. The molecule has 0 aliphatic heterocycles. The Morgan fingerprint density at radius 3 is 1.67 bits per heavy atom. The Labute approximate surface area is 45.8 Å². The Hall–Kier alpha value is 0.571. The first-order chi connectivity index (χ1) is 2.81. The van der Waals surface area contributed by atoms with E-state index >= 15 is 0 Å². The lowest BCUT2D eigenvalue weighted by Crippen LogP contribution is -2.14. The van der Waals surface area contributed by atoms with Gasteiger partial charge < -0.3 is 8.23 Å². The van der Waals surface area contributed by atoms with Crippen LogP contribution >= 0.6 is 0 Å². The molecular weight excluding hydrogens is 128 g/mol. The van der Waals surface area contributed by atoms with Gasteiger partial charge in [0.25, 0.3) is 9.28 Å². The third-order valence-electron chi connectivity index (χ3n) is 0.664. The van der Waals surface area contributed by atoms with Gasteiger partial charge in [0, 0.05) is 0 Å². The van der Waals surface area contributed by atoms with Crippen molar-refractivity contribution in [1.29, 1.82) is 0 Å². The molecule has 0 aliphatic carbocycles. The lowest BCUT2D eigenvalue weighted by Gasteiger charge is -2.02. The summed E-state index contributed by atoms with van der Waals surface area (Å²) in [5, 5.41) is 0. The van der Waals surface area contributed by atoms with Crippen LogP contribution in [-0.2, 0) is 8.23 Å². The van der Waals surface area contributed by atoms with Gasteiger partial charge in [-0.15, -0.1) is 0 Å². The average molecular weight is 138 g/mol. The first-order valence-corrected chi connectivity index (χ1v) is 5.60. The summed E-state index contributed by atoms with van der Waals surface area (Å²) in [5.41, 5.74) is 0. The molecular formula is CH10O2Si3. The van der Waals surface area contributed by atoms with Gasteiger partial charge in [-0.05, 0) is 6.55 Å². The summed E-state index contributed by atoms with van der Waals surface area (Å²) in [6, 6.07) is 0. The van der Waals surface area contributed by atoms with E-state index in [0.717, 1.165) is 21.0 Å². The molecule has 0 aromatic rings. The van der Waals surface area contributed by atoms with Crippen LogP contribution in [0.4, 0.5) is 0 Å². The molecule has 0 atom stereocenters. The maximum atomic E-state index is 4.99. The van der Waals surface area contributed by atoms with Crippen molar-refractivity contribution in [1.82, 2.24) is 0 Å². The zero-order valence-electron chi connectivity index (χ0n) is 4.39. The van der Waals surface area contributed by atoms with Gasteiger partial charge in [0.15, 0.2) is 0 Å². The molecule has 0 rings (SSSR count). The lowest BCUT2D eigenvalue weighted by molar-refractivity contribution is 0.482. The maximum Gasteiger partial charge on any atom is 0.296 e. The highest BCUT2D eigenvalue weighted by atomic mass is 28.4. The Balaban J connectivity index is 2.75. The molecule has 0 radical (unpaired) electrons. The Morgan fingerprint density at radius 2 is 1.67 bits per heavy atom. The average Bonchev–Trinajstić information content (AvgIpc) is 1.65. The summed E-state index contributed by atoms with van der Waals surface area (Å²) in [6.07, 6.45) is 0. The van der Waals surface area contributed by atoms with Gasteiger partial charge in [0.05, 0.1) is 0 Å². The molecule has 0 spiro atoms. The zero-order valence-corrected chi connectivity index (χ0v) is 9.55. The molecule has 6 heavy (non-hydrogen) atoms. The van der Waals surface area contributed by atoms with E-state index in [1.807, 2.05) is 6.55 Å². The summed E-state index contributed by atoms with van der Waals surface area (Å²) in [5.74, 6) is 0. The van der Waals surface area contributed by atoms with E-state index in [1.165, 1.54) is 0 Å². The van der Waals surface area contributed by atoms with Crippen molar-refractivity contribution in [2.24, 2.45) is 0 Å². The quantitative estimate of drug-likeness (QED) is 0.391. The molecule has 0 saturated carbocycles. The van der Waals surface area contributed by atoms with Crippen LogP contribution in [0.15, 0.2) is 0 Å². The number of rotatable bonds is 2. The van der Waals surface area contributed by atoms with Crippen LogP contribution < -0.4 is 0 Å². The van der Waals surface area contributed by atoms with Crippen molar-refractivity contribution < 1.29 is 8.23 Å². The predicted molar refractivity (Wildman–Crippen MR) is 35.1 cm³/mol. The van der Waals surface area contributed by atoms with Gasteiger partial charge in [-0.3, -0.25) is 0 Å². The zero-order chi connectivity index (χ0) is 4.99. The summed E-state index contributed by atoms with van der Waals surface area (Å²) in [6.45, 7) is 2.04. The van der Waals surface area contributed by atoms with Crippen molar-refractivity contribution in [3.8, 4) is 0 Å². The van der Waals surface area contributed by atoms with E-state index in [1.54, 1.807) is 0 Å². The molecule has 0 bridgehead atoms. The van der Waals surface area contributed by atoms with Gasteiger partial charge in [-0.25, -0.2) is 0 Å². The third-order valence-corrected chi connectivity index (χ3v) is 5.97. The maximum absolute atomic E-state index is 4.99. The van der Waals surface area contributed by atoms with E-state index in [-0.39, 0.29) is 0 Å². The monoisotopic (exact) mass is 138 g/mol. The van der Waals surface area contributed by atoms with Crippen molar-refractivity contribution in [3.05, 3.63) is 0 Å². The molecule has 38 valence electrons. The number of hydrogen-bond acceptors (Lipinski definition) is 2. The Morgan fingerprint density at radius 1 is 1.33 bits per heavy atom. The van der Waals surface area contributed by atoms with Crippen LogP contribution in [0.1, 0.15) is 0 Å². The number of hydrogen-bond donors (Lipinski definition) is 0. The Kier molecular flexibility index (Phi) is 4.11. The third kappa shape index (κ3) is 2.79. The summed E-state index contributed by atoms with van der Waals surface area (Å²) in [7, 11) is 0.646. The van der Waals surface area contributed by atoms with E-state index in [4.69, 9.17) is 8.23 Å². The minimum Gasteiger partial charge on any atom is -0.447 e. The van der Waals surface area contributed by atoms with Gasteiger partial charge in [0.2, 0.25) is 0 Å². The molecule has 2 nitrogen and oxygen atoms in total. The van der Waals surface area contributed by atoms with Crippen molar-refractivity contribution in [3.63, 3.8) is 0 Å². The molecule has 0 aliphatic rings. The second kappa shape index (κ2) is 3.75. The first-order valence-electron chi connectivity index (χ1n) is 1.87. The highest BCUT2D eigenvalue weighted by Gasteiger charge is 1.92. The minimum absolute atomic E-state index is 0.841. The highest BCUT2D eigenvalue weighted by Crippen LogP contribution is 1.75. The summed E-state index contributed by atoms with van der Waals surface area (Å²) in [4.78, 5) is 0. The fraction of sp³-hybridized carbons (Fsp3) is 1.00. The predicted octanol–water partition coefficient (Wildman–Crippen LogP) is -2.57. The van der Waals surface area contributed by atoms with Gasteiger partial charge in [-0.1, -0.05) is 0 Å². The van der Waals surface area contributed by atoms with Crippen LogP contribution in [0.5, 0.6) is 0 Å². The van der Waals surface area contributed by atoms with E-state index in [0.29, 0.717) is 0 Å². The van der Waals surface area contributed by atoms with Crippen molar-refractivity contribution >= 4 is 30.3 Å². The molecule has 5 heteroatoms. The molecule has 0 aromatic carbocycles. The highest BCUT2D eigenvalue weighted by molar-refractivity contribution is 6.51. The molecule has 0 heterocycles. The van der Waals surface area contributed by atoms with Gasteiger partial charge in [-0.2, -0.15) is 0 Å². The summed E-state index contributed by atoms with van der Waals surface area (Å²) >= 11 is 0. The minimum atomic E-state index is -1.04. The smallest absolute Gasteiger partial charge is 0.296 e. The molecule has 0 fully saturated rings. The van der Waals surface area contributed by atoms with E-state index in [9.17, 15) is 0 Å². The molecule has 0 amide bonds. The molecule has 0 aromatic heterocycles. The molecule has 0 N–H and O–H groups in total. The fourth-order valence-corrected chi connectivity index (χ4v) is 2.60. The first kappa shape index (κ1) is 6.57. The second-order valence-corrected chi connectivity index (χ2v) is 5.95. The van der Waals surface area contributed by atoms with E-state index < -0.39 is 9.28 Å². The normalized spacial score (nSPS) is 15.5. The van der Waals surface area contributed by atoms with Crippen LogP contribution in [0.3, 0.4) is 0 Å². The molecule has 0 saturated heterocycles. The second-order valence-electron chi connectivity index (χ2n) is 1.04. The fourth-order valence-electron chi connectivity index (χ4n) is 0.0962. The van der Waals surface area contributed by atoms with Crippen LogP contribution in [0.25, 0.3) is 0 Å². The van der Waals surface area contributed by atoms with Gasteiger partial charge in [0.1, 0.15) is 21.0 Å². The lowest BCUT2D eigenvalue weighted by atomic mass is 11.9. The van der Waals surface area contributed by atoms with Gasteiger partial charge >= 0.3 is 0 Å². The topological polar surface area (TPSA) is 18.5 Å². The van der Waals surface area contributed by atoms with Crippen LogP contribution in [0.2, 0.25) is 6.55 Å². The van der Waals surface area contributed by atoms with Crippen molar-refractivity contribution in [2.75, 3.05) is 0 Å². The van der Waals surface area contributed by atoms with Crippen LogP contribution in [0, 0.1) is 0 Å². The largest absolute Gasteiger partial charge is 0.447 e. The molecule has 0 unspecified atom stereocenters. The summed E-state index contributed by atoms with van der Waals surface area (Å²) < 4.78 is 9.98. The van der Waals surface area contributed by atoms with Crippen LogP contribution in [-0.4, -0.2) is 30.3 Å². The SMILES string of the molecule is C[SiH](O[SiH3])O[SiH3].